The Morgan fingerprint density at radius 3 is 2.43 bits per heavy atom. The summed E-state index contributed by atoms with van der Waals surface area (Å²) in [5, 5.41) is 3.32. The summed E-state index contributed by atoms with van der Waals surface area (Å²) in [4.78, 5) is 0.402. The molecule has 1 N–H and O–H groups in total. The maximum atomic E-state index is 12.6. The van der Waals surface area contributed by atoms with E-state index in [9.17, 15) is 8.42 Å². The molecule has 0 bridgehead atoms. The van der Waals surface area contributed by atoms with Crippen molar-refractivity contribution < 1.29 is 8.42 Å². The van der Waals surface area contributed by atoms with Gasteiger partial charge in [-0.25, -0.2) is 8.42 Å². The molecule has 0 unspecified atom stereocenters. The summed E-state index contributed by atoms with van der Waals surface area (Å²) < 4.78 is 26.8. The van der Waals surface area contributed by atoms with Crippen LogP contribution in [0, 0.1) is 5.41 Å². The maximum Gasteiger partial charge on any atom is 0.243 e. The molecule has 0 spiro atoms. The molecule has 0 aliphatic carbocycles. The monoisotopic (exact) mass is 310 g/mol. The summed E-state index contributed by atoms with van der Waals surface area (Å²) in [6, 6.07) is 7.25. The van der Waals surface area contributed by atoms with Gasteiger partial charge in [-0.2, -0.15) is 4.31 Å². The smallest absolute Gasteiger partial charge is 0.243 e. The lowest BCUT2D eigenvalue weighted by Gasteiger charge is -2.19. The van der Waals surface area contributed by atoms with Crippen LogP contribution in [0.25, 0.3) is 0 Å². The minimum atomic E-state index is -3.34. The van der Waals surface area contributed by atoms with Gasteiger partial charge in [0.2, 0.25) is 10.0 Å². The lowest BCUT2D eigenvalue weighted by molar-refractivity contribution is 0.375. The molecule has 0 saturated carbocycles. The van der Waals surface area contributed by atoms with E-state index in [4.69, 9.17) is 0 Å². The summed E-state index contributed by atoms with van der Waals surface area (Å²) in [6.45, 7) is 9.34. The Labute approximate surface area is 128 Å². The van der Waals surface area contributed by atoms with Crippen molar-refractivity contribution in [2.45, 2.75) is 45.1 Å². The van der Waals surface area contributed by atoms with Crippen LogP contribution < -0.4 is 5.32 Å². The van der Waals surface area contributed by atoms with Crippen molar-refractivity contribution in [1.29, 1.82) is 0 Å². The summed E-state index contributed by atoms with van der Waals surface area (Å²) >= 11 is 0. The largest absolute Gasteiger partial charge is 0.313 e. The Morgan fingerprint density at radius 2 is 1.90 bits per heavy atom. The van der Waals surface area contributed by atoms with Crippen LogP contribution in [0.4, 0.5) is 0 Å². The molecule has 0 radical (unpaired) electrons. The molecule has 0 aromatic heterocycles. The zero-order valence-electron chi connectivity index (χ0n) is 13.2. The Hall–Kier alpha value is -0.910. The van der Waals surface area contributed by atoms with Crippen molar-refractivity contribution >= 4 is 10.0 Å². The third-order valence-corrected chi connectivity index (χ3v) is 5.82. The predicted molar refractivity (Wildman–Crippen MR) is 85.6 cm³/mol. The molecule has 1 aromatic rings. The van der Waals surface area contributed by atoms with Gasteiger partial charge in [0.25, 0.3) is 0 Å². The molecular weight excluding hydrogens is 284 g/mol. The van der Waals surface area contributed by atoms with Crippen LogP contribution in [-0.2, 0) is 16.6 Å². The van der Waals surface area contributed by atoms with Gasteiger partial charge in [0.05, 0.1) is 4.90 Å². The predicted octanol–water partition coefficient (Wildman–Crippen LogP) is 2.61. The number of rotatable bonds is 6. The zero-order valence-corrected chi connectivity index (χ0v) is 14.0. The summed E-state index contributed by atoms with van der Waals surface area (Å²) in [5.74, 6) is 0. The Kier molecular flexibility index (Phi) is 5.07. The average molecular weight is 310 g/mol. The zero-order chi connectivity index (χ0) is 15.5. The number of benzene rings is 1. The average Bonchev–Trinajstić information content (AvgIpc) is 2.81. The van der Waals surface area contributed by atoms with Gasteiger partial charge < -0.3 is 5.32 Å². The first-order chi connectivity index (χ1) is 9.85. The number of hydrogen-bond acceptors (Lipinski definition) is 3. The van der Waals surface area contributed by atoms with Crippen molar-refractivity contribution in [2.75, 3.05) is 19.6 Å². The third kappa shape index (κ3) is 4.05. The summed E-state index contributed by atoms with van der Waals surface area (Å²) in [6.07, 6.45) is 2.02. The number of sulfonamides is 1. The second-order valence-corrected chi connectivity index (χ2v) is 8.51. The van der Waals surface area contributed by atoms with Crippen LogP contribution in [-0.4, -0.2) is 32.4 Å². The van der Waals surface area contributed by atoms with Gasteiger partial charge in [0.15, 0.2) is 0 Å². The summed E-state index contributed by atoms with van der Waals surface area (Å²) in [7, 11) is -3.34. The van der Waals surface area contributed by atoms with Crippen LogP contribution in [0.15, 0.2) is 29.2 Å². The molecule has 1 aromatic carbocycles. The van der Waals surface area contributed by atoms with E-state index in [0.717, 1.165) is 31.5 Å². The van der Waals surface area contributed by atoms with Gasteiger partial charge in [-0.1, -0.05) is 32.9 Å². The van der Waals surface area contributed by atoms with Crippen molar-refractivity contribution in [2.24, 2.45) is 5.41 Å². The highest BCUT2D eigenvalue weighted by molar-refractivity contribution is 7.89. The van der Waals surface area contributed by atoms with Crippen molar-refractivity contribution in [1.82, 2.24) is 9.62 Å². The lowest BCUT2D eigenvalue weighted by Crippen LogP contribution is -2.30. The van der Waals surface area contributed by atoms with Crippen LogP contribution in [0.3, 0.4) is 0 Å². The molecule has 21 heavy (non-hydrogen) atoms. The van der Waals surface area contributed by atoms with Gasteiger partial charge >= 0.3 is 0 Å². The Morgan fingerprint density at radius 1 is 1.24 bits per heavy atom. The number of nitrogens with zero attached hydrogens (tertiary/aromatic N) is 1. The highest BCUT2D eigenvalue weighted by atomic mass is 32.2. The summed E-state index contributed by atoms with van der Waals surface area (Å²) in [5.41, 5.74) is 1.20. The van der Waals surface area contributed by atoms with E-state index in [1.54, 1.807) is 16.4 Å². The van der Waals surface area contributed by atoms with Gasteiger partial charge in [0.1, 0.15) is 0 Å². The van der Waals surface area contributed by atoms with E-state index in [0.29, 0.717) is 18.0 Å². The van der Waals surface area contributed by atoms with E-state index >= 15 is 0 Å². The fourth-order valence-corrected chi connectivity index (χ4v) is 4.24. The molecule has 1 fully saturated rings. The number of hydrogen-bond donors (Lipinski definition) is 1. The standard InChI is InChI=1S/C16H26N2O2S/c1-4-10-17-12-14-5-7-15(8-6-14)21(19,20)18-11-9-16(2,3)13-18/h5-8,17H,4,9-13H2,1-3H3. The SMILES string of the molecule is CCCNCc1ccc(S(=O)(=O)N2CCC(C)(C)C2)cc1. The van der Waals surface area contributed by atoms with Crippen LogP contribution in [0.5, 0.6) is 0 Å². The van der Waals surface area contributed by atoms with Crippen LogP contribution >= 0.6 is 0 Å². The van der Waals surface area contributed by atoms with Gasteiger partial charge in [-0.15, -0.1) is 0 Å². The highest BCUT2D eigenvalue weighted by Gasteiger charge is 2.36. The Bertz CT molecular complexity index is 564. The van der Waals surface area contributed by atoms with E-state index in [1.807, 2.05) is 12.1 Å². The van der Waals surface area contributed by atoms with Gasteiger partial charge in [0, 0.05) is 19.6 Å². The molecule has 5 heteroatoms. The minimum absolute atomic E-state index is 0.0804. The molecule has 1 aliphatic heterocycles. The minimum Gasteiger partial charge on any atom is -0.313 e. The molecule has 0 amide bonds. The first-order valence-electron chi connectivity index (χ1n) is 7.65. The topological polar surface area (TPSA) is 49.4 Å². The maximum absolute atomic E-state index is 12.6. The van der Waals surface area contributed by atoms with Crippen molar-refractivity contribution in [3.63, 3.8) is 0 Å². The van der Waals surface area contributed by atoms with Crippen molar-refractivity contribution in [3.8, 4) is 0 Å². The molecule has 1 aliphatic rings. The fraction of sp³-hybridized carbons (Fsp3) is 0.625. The molecule has 1 saturated heterocycles. The normalized spacial score (nSPS) is 19.0. The quantitative estimate of drug-likeness (QED) is 0.822. The highest BCUT2D eigenvalue weighted by Crippen LogP contribution is 2.32. The molecule has 118 valence electrons. The van der Waals surface area contributed by atoms with Crippen molar-refractivity contribution in [3.05, 3.63) is 29.8 Å². The Balaban J connectivity index is 2.07. The van der Waals surface area contributed by atoms with E-state index < -0.39 is 10.0 Å². The lowest BCUT2D eigenvalue weighted by atomic mass is 9.93. The number of nitrogens with one attached hydrogen (secondary N) is 1. The van der Waals surface area contributed by atoms with E-state index in [1.165, 1.54) is 0 Å². The van der Waals surface area contributed by atoms with Crippen LogP contribution in [0.2, 0.25) is 0 Å². The second-order valence-electron chi connectivity index (χ2n) is 6.57. The van der Waals surface area contributed by atoms with E-state index in [-0.39, 0.29) is 5.41 Å². The molecule has 0 atom stereocenters. The van der Waals surface area contributed by atoms with E-state index in [2.05, 4.69) is 26.1 Å². The first kappa shape index (κ1) is 16.5. The van der Waals surface area contributed by atoms with Gasteiger partial charge in [-0.3, -0.25) is 0 Å². The third-order valence-electron chi connectivity index (χ3n) is 3.96. The fourth-order valence-electron chi connectivity index (χ4n) is 2.61. The van der Waals surface area contributed by atoms with Gasteiger partial charge in [-0.05, 0) is 42.5 Å². The van der Waals surface area contributed by atoms with Crippen LogP contribution in [0.1, 0.15) is 39.2 Å². The molecule has 4 nitrogen and oxygen atoms in total. The molecule has 1 heterocycles. The molecular formula is C16H26N2O2S. The second kappa shape index (κ2) is 6.46. The first-order valence-corrected chi connectivity index (χ1v) is 9.09. The molecule has 2 rings (SSSR count).